The zero-order valence-corrected chi connectivity index (χ0v) is 17.0. The topological polar surface area (TPSA) is 79.4 Å². The molecule has 0 radical (unpaired) electrons. The van der Waals surface area contributed by atoms with E-state index in [1.165, 1.54) is 0 Å². The van der Waals surface area contributed by atoms with Gasteiger partial charge in [0.05, 0.1) is 18.1 Å². The van der Waals surface area contributed by atoms with Gasteiger partial charge in [0.1, 0.15) is 17.1 Å². The van der Waals surface area contributed by atoms with Gasteiger partial charge in [-0.15, -0.1) is 0 Å². The molecule has 0 saturated carbocycles. The standard InChI is InChI=1S/C20H18BrN3O4/c1-12-18(24(25)26)13(2)23(22-12)10-15-8-17(21)9-16-11-27-20(28-19(15)16)14-6-4-3-5-7-14/h3-9,20H,10-11H2,1-2H3/t20-/m0/s1. The molecule has 28 heavy (non-hydrogen) atoms. The van der Waals surface area contributed by atoms with E-state index in [2.05, 4.69) is 21.0 Å². The highest BCUT2D eigenvalue weighted by Crippen LogP contribution is 2.38. The summed E-state index contributed by atoms with van der Waals surface area (Å²) in [5.41, 5.74) is 3.71. The van der Waals surface area contributed by atoms with Gasteiger partial charge in [-0.25, -0.2) is 0 Å². The Morgan fingerprint density at radius 3 is 2.71 bits per heavy atom. The number of aromatic nitrogens is 2. The van der Waals surface area contributed by atoms with Gasteiger partial charge in [-0.05, 0) is 26.0 Å². The van der Waals surface area contributed by atoms with Crippen molar-refractivity contribution < 1.29 is 14.4 Å². The number of halogens is 1. The normalized spacial score (nSPS) is 15.8. The minimum Gasteiger partial charge on any atom is -0.460 e. The molecule has 1 aliphatic rings. The van der Waals surface area contributed by atoms with Crippen molar-refractivity contribution in [3.05, 3.63) is 85.1 Å². The zero-order valence-electron chi connectivity index (χ0n) is 15.4. The Bertz CT molecular complexity index is 1050. The number of rotatable bonds is 4. The molecule has 0 N–H and O–H groups in total. The fourth-order valence-corrected chi connectivity index (χ4v) is 3.99. The molecule has 4 rings (SSSR count). The summed E-state index contributed by atoms with van der Waals surface area (Å²) in [6.45, 7) is 4.13. The minimum absolute atomic E-state index is 0.0512. The van der Waals surface area contributed by atoms with E-state index in [-0.39, 0.29) is 10.6 Å². The molecule has 0 spiro atoms. The van der Waals surface area contributed by atoms with Gasteiger partial charge in [0.25, 0.3) is 0 Å². The van der Waals surface area contributed by atoms with Crippen LogP contribution in [0.1, 0.15) is 34.4 Å². The number of nitrogens with zero attached hydrogens (tertiary/aromatic N) is 3. The Labute approximate surface area is 170 Å². The van der Waals surface area contributed by atoms with Crippen molar-refractivity contribution in [2.24, 2.45) is 0 Å². The largest absolute Gasteiger partial charge is 0.460 e. The average Bonchev–Trinajstić information content (AvgIpc) is 2.95. The summed E-state index contributed by atoms with van der Waals surface area (Å²) >= 11 is 3.53. The maximum atomic E-state index is 11.3. The lowest BCUT2D eigenvalue weighted by molar-refractivity contribution is -0.386. The summed E-state index contributed by atoms with van der Waals surface area (Å²) in [5.74, 6) is 0.735. The van der Waals surface area contributed by atoms with Gasteiger partial charge in [0, 0.05) is 21.2 Å². The first-order valence-electron chi connectivity index (χ1n) is 8.77. The second-order valence-corrected chi connectivity index (χ2v) is 7.57. The lowest BCUT2D eigenvalue weighted by Gasteiger charge is -2.28. The summed E-state index contributed by atoms with van der Waals surface area (Å²) in [6.07, 6.45) is -0.497. The summed E-state index contributed by atoms with van der Waals surface area (Å²) in [6, 6.07) is 13.7. The molecule has 7 nitrogen and oxygen atoms in total. The third-order valence-electron chi connectivity index (χ3n) is 4.74. The lowest BCUT2D eigenvalue weighted by Crippen LogP contribution is -2.20. The van der Waals surface area contributed by atoms with Crippen LogP contribution in [0.2, 0.25) is 0 Å². The quantitative estimate of drug-likeness (QED) is 0.426. The van der Waals surface area contributed by atoms with E-state index < -0.39 is 6.29 Å². The first-order chi connectivity index (χ1) is 13.4. The second-order valence-electron chi connectivity index (χ2n) is 6.66. The number of nitro groups is 1. The highest BCUT2D eigenvalue weighted by atomic mass is 79.9. The van der Waals surface area contributed by atoms with Crippen LogP contribution in [0.4, 0.5) is 5.69 Å². The van der Waals surface area contributed by atoms with Gasteiger partial charge in [-0.1, -0.05) is 46.3 Å². The monoisotopic (exact) mass is 443 g/mol. The minimum atomic E-state index is -0.497. The van der Waals surface area contributed by atoms with Crippen molar-refractivity contribution in [2.45, 2.75) is 33.3 Å². The van der Waals surface area contributed by atoms with Crippen LogP contribution >= 0.6 is 15.9 Å². The second kappa shape index (κ2) is 7.37. The van der Waals surface area contributed by atoms with Crippen molar-refractivity contribution in [3.8, 4) is 5.75 Å². The highest BCUT2D eigenvalue weighted by Gasteiger charge is 2.27. The molecule has 1 atom stereocenters. The molecule has 8 heteroatoms. The molecule has 0 aliphatic carbocycles. The van der Waals surface area contributed by atoms with Crippen LogP contribution in [-0.4, -0.2) is 14.7 Å². The van der Waals surface area contributed by atoms with Gasteiger partial charge < -0.3 is 9.47 Å². The van der Waals surface area contributed by atoms with E-state index in [0.29, 0.717) is 24.5 Å². The predicted molar refractivity (Wildman–Crippen MR) is 106 cm³/mol. The number of ether oxygens (including phenoxy) is 2. The number of hydrogen-bond acceptors (Lipinski definition) is 5. The SMILES string of the molecule is Cc1nn(Cc2cc(Br)cc3c2O[C@@H](c2ccccc2)OC3)c(C)c1[N+](=O)[O-]. The van der Waals surface area contributed by atoms with Crippen LogP contribution in [0.25, 0.3) is 0 Å². The summed E-state index contributed by atoms with van der Waals surface area (Å²) in [5, 5.41) is 15.7. The molecular formula is C20H18BrN3O4. The van der Waals surface area contributed by atoms with E-state index in [4.69, 9.17) is 9.47 Å². The number of fused-ring (bicyclic) bond motifs is 1. The summed E-state index contributed by atoms with van der Waals surface area (Å²) < 4.78 is 14.6. The Balaban J connectivity index is 1.71. The van der Waals surface area contributed by atoms with Gasteiger partial charge in [0.15, 0.2) is 0 Å². The Kier molecular flexibility index (Phi) is 4.91. The van der Waals surface area contributed by atoms with E-state index in [1.807, 2.05) is 42.5 Å². The van der Waals surface area contributed by atoms with E-state index >= 15 is 0 Å². The molecule has 1 aliphatic heterocycles. The van der Waals surface area contributed by atoms with Crippen molar-refractivity contribution in [3.63, 3.8) is 0 Å². The fraction of sp³-hybridized carbons (Fsp3) is 0.250. The average molecular weight is 444 g/mol. The maximum absolute atomic E-state index is 11.3. The fourth-order valence-electron chi connectivity index (χ4n) is 3.44. The van der Waals surface area contributed by atoms with Gasteiger partial charge >= 0.3 is 5.69 Å². The molecule has 2 heterocycles. The molecule has 0 fully saturated rings. The molecule has 0 amide bonds. The van der Waals surface area contributed by atoms with Crippen LogP contribution in [0.5, 0.6) is 5.75 Å². The molecule has 144 valence electrons. The number of aryl methyl sites for hydroxylation is 1. The van der Waals surface area contributed by atoms with Crippen LogP contribution in [-0.2, 0) is 17.9 Å². The summed E-state index contributed by atoms with van der Waals surface area (Å²) in [4.78, 5) is 10.9. The van der Waals surface area contributed by atoms with Crippen molar-refractivity contribution in [1.82, 2.24) is 9.78 Å². The van der Waals surface area contributed by atoms with Gasteiger partial charge in [0.2, 0.25) is 6.29 Å². The third-order valence-corrected chi connectivity index (χ3v) is 5.20. The molecule has 0 unspecified atom stereocenters. The Hall–Kier alpha value is -2.71. The highest BCUT2D eigenvalue weighted by molar-refractivity contribution is 9.10. The van der Waals surface area contributed by atoms with Crippen LogP contribution < -0.4 is 4.74 Å². The first-order valence-corrected chi connectivity index (χ1v) is 9.56. The molecule has 1 aromatic heterocycles. The number of benzene rings is 2. The third kappa shape index (κ3) is 3.41. The molecule has 0 bridgehead atoms. The Morgan fingerprint density at radius 1 is 1.29 bits per heavy atom. The van der Waals surface area contributed by atoms with Gasteiger partial charge in [-0.3, -0.25) is 14.8 Å². The van der Waals surface area contributed by atoms with E-state index in [1.54, 1.807) is 18.5 Å². The van der Waals surface area contributed by atoms with Crippen molar-refractivity contribution in [2.75, 3.05) is 0 Å². The molecular weight excluding hydrogens is 426 g/mol. The zero-order chi connectivity index (χ0) is 19.8. The van der Waals surface area contributed by atoms with Crippen LogP contribution in [0.3, 0.4) is 0 Å². The van der Waals surface area contributed by atoms with E-state index in [9.17, 15) is 10.1 Å². The number of hydrogen-bond donors (Lipinski definition) is 0. The maximum Gasteiger partial charge on any atom is 0.312 e. The molecule has 0 saturated heterocycles. The Morgan fingerprint density at radius 2 is 2.04 bits per heavy atom. The van der Waals surface area contributed by atoms with Gasteiger partial charge in [-0.2, -0.15) is 5.10 Å². The summed E-state index contributed by atoms with van der Waals surface area (Å²) in [7, 11) is 0. The van der Waals surface area contributed by atoms with Crippen molar-refractivity contribution >= 4 is 21.6 Å². The van der Waals surface area contributed by atoms with E-state index in [0.717, 1.165) is 26.9 Å². The van der Waals surface area contributed by atoms with Crippen LogP contribution in [0.15, 0.2) is 46.9 Å². The first kappa shape index (κ1) is 18.6. The smallest absolute Gasteiger partial charge is 0.312 e. The molecule has 2 aromatic carbocycles. The van der Waals surface area contributed by atoms with Crippen molar-refractivity contribution in [1.29, 1.82) is 0 Å². The van der Waals surface area contributed by atoms with Crippen LogP contribution in [0, 0.1) is 24.0 Å². The lowest BCUT2D eigenvalue weighted by atomic mass is 10.1. The molecule has 3 aromatic rings. The predicted octanol–water partition coefficient (Wildman–Crippen LogP) is 4.83.